The van der Waals surface area contributed by atoms with Crippen molar-refractivity contribution in [1.29, 1.82) is 0 Å². The van der Waals surface area contributed by atoms with Gasteiger partial charge in [-0.1, -0.05) is 6.07 Å². The lowest BCUT2D eigenvalue weighted by atomic mass is 10.2. The van der Waals surface area contributed by atoms with Gasteiger partial charge in [0.2, 0.25) is 6.79 Å². The van der Waals surface area contributed by atoms with Gasteiger partial charge in [-0.05, 0) is 30.7 Å². The fourth-order valence-corrected chi connectivity index (χ4v) is 2.57. The summed E-state index contributed by atoms with van der Waals surface area (Å²) >= 11 is 0. The number of halogens is 1. The molecule has 1 aromatic carbocycles. The molecule has 0 atom stereocenters. The summed E-state index contributed by atoms with van der Waals surface area (Å²) in [5, 5.41) is 6.35. The highest BCUT2D eigenvalue weighted by Gasteiger charge is 2.16. The van der Waals surface area contributed by atoms with E-state index >= 15 is 0 Å². The van der Waals surface area contributed by atoms with Crippen molar-refractivity contribution in [2.45, 2.75) is 20.0 Å². The Labute approximate surface area is 174 Å². The molecule has 1 aliphatic rings. The zero-order chi connectivity index (χ0) is 18.5. The molecule has 0 unspecified atom stereocenters. The van der Waals surface area contributed by atoms with Crippen molar-refractivity contribution in [1.82, 2.24) is 10.6 Å². The van der Waals surface area contributed by atoms with Gasteiger partial charge in [-0.3, -0.25) is 4.99 Å². The van der Waals surface area contributed by atoms with Crippen LogP contribution in [0.1, 0.15) is 27.4 Å². The molecular formula is C18H22IN3O5. The fourth-order valence-electron chi connectivity index (χ4n) is 2.57. The molecule has 9 heteroatoms. The lowest BCUT2D eigenvalue weighted by Gasteiger charge is -2.11. The van der Waals surface area contributed by atoms with E-state index in [1.807, 2.05) is 18.2 Å². The van der Waals surface area contributed by atoms with Crippen LogP contribution in [0, 0.1) is 6.92 Å². The topological polar surface area (TPSA) is 94.3 Å². The molecular weight excluding hydrogens is 465 g/mol. The Morgan fingerprint density at radius 3 is 2.67 bits per heavy atom. The molecule has 0 amide bonds. The number of carbonyl (C=O) groups is 1. The molecule has 146 valence electrons. The van der Waals surface area contributed by atoms with E-state index in [9.17, 15) is 4.79 Å². The van der Waals surface area contributed by atoms with Crippen LogP contribution in [0.4, 0.5) is 0 Å². The number of benzene rings is 1. The molecule has 1 aliphatic heterocycles. The van der Waals surface area contributed by atoms with E-state index in [0.29, 0.717) is 36.1 Å². The van der Waals surface area contributed by atoms with Crippen LogP contribution in [-0.4, -0.2) is 32.9 Å². The third-order valence-electron chi connectivity index (χ3n) is 3.92. The maximum atomic E-state index is 11.6. The van der Waals surface area contributed by atoms with Gasteiger partial charge in [-0.25, -0.2) is 4.79 Å². The Bertz CT molecular complexity index is 834. The first-order valence-electron chi connectivity index (χ1n) is 8.11. The summed E-state index contributed by atoms with van der Waals surface area (Å²) in [5.74, 6) is 2.84. The van der Waals surface area contributed by atoms with Crippen LogP contribution < -0.4 is 20.1 Å². The molecule has 0 aliphatic carbocycles. The SMILES string of the molecule is CN=C(NCc1ccc2c(c1)OCO2)NCc1cc(C(=O)OC)c(C)o1.I. The first-order chi connectivity index (χ1) is 12.6. The quantitative estimate of drug-likeness (QED) is 0.290. The van der Waals surface area contributed by atoms with Crippen LogP contribution in [0.15, 0.2) is 33.7 Å². The first-order valence-corrected chi connectivity index (χ1v) is 8.11. The van der Waals surface area contributed by atoms with Crippen LogP contribution in [0.2, 0.25) is 0 Å². The van der Waals surface area contributed by atoms with E-state index in [-0.39, 0.29) is 30.8 Å². The van der Waals surface area contributed by atoms with Crippen molar-refractivity contribution in [3.8, 4) is 11.5 Å². The molecule has 0 spiro atoms. The van der Waals surface area contributed by atoms with Crippen molar-refractivity contribution in [2.24, 2.45) is 4.99 Å². The molecule has 27 heavy (non-hydrogen) atoms. The number of carbonyl (C=O) groups excluding carboxylic acids is 1. The van der Waals surface area contributed by atoms with Gasteiger partial charge in [-0.2, -0.15) is 0 Å². The Hall–Kier alpha value is -2.43. The summed E-state index contributed by atoms with van der Waals surface area (Å²) < 4.78 is 21.0. The number of rotatable bonds is 5. The minimum Gasteiger partial charge on any atom is -0.465 e. The number of methoxy groups -OCH3 is 1. The van der Waals surface area contributed by atoms with Gasteiger partial charge in [0, 0.05) is 13.6 Å². The number of fused-ring (bicyclic) bond motifs is 1. The molecule has 0 fully saturated rings. The highest BCUT2D eigenvalue weighted by molar-refractivity contribution is 14.0. The predicted molar refractivity (Wildman–Crippen MR) is 110 cm³/mol. The summed E-state index contributed by atoms with van der Waals surface area (Å²) in [5.41, 5.74) is 1.46. The van der Waals surface area contributed by atoms with Gasteiger partial charge in [-0.15, -0.1) is 24.0 Å². The average molecular weight is 487 g/mol. The minimum atomic E-state index is -0.414. The Kier molecular flexibility index (Phi) is 7.34. The second kappa shape index (κ2) is 9.49. The van der Waals surface area contributed by atoms with Crippen LogP contribution in [0.25, 0.3) is 0 Å². The van der Waals surface area contributed by atoms with E-state index in [2.05, 4.69) is 15.6 Å². The van der Waals surface area contributed by atoms with E-state index in [1.54, 1.807) is 20.0 Å². The molecule has 8 nitrogen and oxygen atoms in total. The third-order valence-corrected chi connectivity index (χ3v) is 3.92. The number of nitrogens with zero attached hydrogens (tertiary/aromatic N) is 1. The highest BCUT2D eigenvalue weighted by atomic mass is 127. The number of guanidine groups is 1. The molecule has 0 saturated carbocycles. The summed E-state index contributed by atoms with van der Waals surface area (Å²) in [6, 6.07) is 7.45. The van der Waals surface area contributed by atoms with Crippen molar-refractivity contribution < 1.29 is 23.4 Å². The Morgan fingerprint density at radius 1 is 1.19 bits per heavy atom. The lowest BCUT2D eigenvalue weighted by Crippen LogP contribution is -2.36. The van der Waals surface area contributed by atoms with Gasteiger partial charge in [0.25, 0.3) is 0 Å². The zero-order valence-electron chi connectivity index (χ0n) is 15.3. The number of furan rings is 1. The predicted octanol–water partition coefficient (Wildman–Crippen LogP) is 2.59. The second-order valence-corrected chi connectivity index (χ2v) is 5.64. The fraction of sp³-hybridized carbons (Fsp3) is 0.333. The van der Waals surface area contributed by atoms with Crippen molar-refractivity contribution in [3.63, 3.8) is 0 Å². The summed E-state index contributed by atoms with van der Waals surface area (Å²) in [6.45, 7) is 2.94. The first kappa shape index (κ1) is 20.9. The number of hydrogen-bond donors (Lipinski definition) is 2. The number of aryl methyl sites for hydroxylation is 1. The maximum Gasteiger partial charge on any atom is 0.341 e. The van der Waals surface area contributed by atoms with Gasteiger partial charge in [0.15, 0.2) is 17.5 Å². The van der Waals surface area contributed by atoms with Crippen LogP contribution in [-0.2, 0) is 17.8 Å². The molecule has 0 bridgehead atoms. The standard InChI is InChI=1S/C18H21N3O5.HI/c1-11-14(17(22)23-3)7-13(26-11)9-21-18(19-2)20-8-12-4-5-15-16(6-12)25-10-24-15;/h4-7H,8-10H2,1-3H3,(H2,19,20,21);1H. The molecule has 1 aromatic heterocycles. The summed E-state index contributed by atoms with van der Waals surface area (Å²) in [7, 11) is 3.02. The van der Waals surface area contributed by atoms with Crippen LogP contribution in [0.5, 0.6) is 11.5 Å². The molecule has 2 aromatic rings. The van der Waals surface area contributed by atoms with Crippen molar-refractivity contribution in [2.75, 3.05) is 21.0 Å². The van der Waals surface area contributed by atoms with Gasteiger partial charge < -0.3 is 29.3 Å². The molecule has 2 N–H and O–H groups in total. The van der Waals surface area contributed by atoms with E-state index < -0.39 is 5.97 Å². The number of hydrogen-bond acceptors (Lipinski definition) is 6. The van der Waals surface area contributed by atoms with Crippen LogP contribution in [0.3, 0.4) is 0 Å². The van der Waals surface area contributed by atoms with Gasteiger partial charge in [0.1, 0.15) is 17.1 Å². The van der Waals surface area contributed by atoms with Crippen molar-refractivity contribution in [3.05, 3.63) is 46.9 Å². The van der Waals surface area contributed by atoms with E-state index in [0.717, 1.165) is 17.1 Å². The monoisotopic (exact) mass is 487 g/mol. The third kappa shape index (κ3) is 5.06. The minimum absolute atomic E-state index is 0. The van der Waals surface area contributed by atoms with Crippen LogP contribution >= 0.6 is 24.0 Å². The smallest absolute Gasteiger partial charge is 0.341 e. The summed E-state index contributed by atoms with van der Waals surface area (Å²) in [6.07, 6.45) is 0. The molecule has 0 radical (unpaired) electrons. The largest absolute Gasteiger partial charge is 0.465 e. The second-order valence-electron chi connectivity index (χ2n) is 5.64. The molecule has 3 rings (SSSR count). The molecule has 0 saturated heterocycles. The normalized spacial score (nSPS) is 12.3. The zero-order valence-corrected chi connectivity index (χ0v) is 17.7. The van der Waals surface area contributed by atoms with Gasteiger partial charge >= 0.3 is 5.97 Å². The number of nitrogens with one attached hydrogen (secondary N) is 2. The average Bonchev–Trinajstić information content (AvgIpc) is 3.27. The summed E-state index contributed by atoms with van der Waals surface area (Å²) in [4.78, 5) is 15.8. The lowest BCUT2D eigenvalue weighted by molar-refractivity contribution is 0.0599. The Morgan fingerprint density at radius 2 is 1.93 bits per heavy atom. The van der Waals surface area contributed by atoms with Crippen molar-refractivity contribution >= 4 is 35.9 Å². The number of esters is 1. The maximum absolute atomic E-state index is 11.6. The molecule has 2 heterocycles. The van der Waals surface area contributed by atoms with E-state index in [4.69, 9.17) is 18.6 Å². The van der Waals surface area contributed by atoms with E-state index in [1.165, 1.54) is 7.11 Å². The van der Waals surface area contributed by atoms with Gasteiger partial charge in [0.05, 0.1) is 13.7 Å². The highest BCUT2D eigenvalue weighted by Crippen LogP contribution is 2.32. The Balaban J connectivity index is 0.00000261. The number of ether oxygens (including phenoxy) is 3. The number of aliphatic imine (C=N–C) groups is 1.